The molecule has 6 nitrogen and oxygen atoms in total. The summed E-state index contributed by atoms with van der Waals surface area (Å²) < 4.78 is 5.20. The van der Waals surface area contributed by atoms with E-state index in [1.54, 1.807) is 13.8 Å². The number of nitrogens with one attached hydrogen (secondary N) is 1. The lowest BCUT2D eigenvalue weighted by Crippen LogP contribution is -2.45. The highest BCUT2D eigenvalue weighted by Crippen LogP contribution is 2.24. The Morgan fingerprint density at radius 3 is 2.44 bits per heavy atom. The zero-order valence-corrected chi connectivity index (χ0v) is 14.8. The number of urea groups is 1. The number of ether oxygens (including phenoxy) is 1. The molecule has 0 saturated carbocycles. The largest absolute Gasteiger partial charge is 0.451 e. The molecule has 0 aliphatic heterocycles. The topological polar surface area (TPSA) is 98.5 Å². The quantitative estimate of drug-likeness (QED) is 0.610. The minimum atomic E-state index is -1.06. The van der Waals surface area contributed by atoms with Gasteiger partial charge >= 0.3 is 12.0 Å². The van der Waals surface area contributed by atoms with Crippen molar-refractivity contribution in [3.05, 3.63) is 42.5 Å². The van der Waals surface area contributed by atoms with E-state index in [1.165, 1.54) is 11.8 Å². The summed E-state index contributed by atoms with van der Waals surface area (Å²) >= 11 is 1.32. The van der Waals surface area contributed by atoms with Gasteiger partial charge in [-0.05, 0) is 28.8 Å². The molecule has 3 N–H and O–H groups in total. The summed E-state index contributed by atoms with van der Waals surface area (Å²) in [5, 5.41) is 4.15. The van der Waals surface area contributed by atoms with E-state index < -0.39 is 24.0 Å². The molecule has 0 saturated heterocycles. The van der Waals surface area contributed by atoms with Crippen molar-refractivity contribution in [1.82, 2.24) is 5.32 Å². The summed E-state index contributed by atoms with van der Waals surface area (Å²) in [5.41, 5.74) is 4.93. The van der Waals surface area contributed by atoms with Crippen LogP contribution in [-0.4, -0.2) is 29.8 Å². The van der Waals surface area contributed by atoms with Gasteiger partial charge in [0.05, 0.1) is 5.75 Å². The third-order valence-electron chi connectivity index (χ3n) is 3.45. The monoisotopic (exact) mass is 360 g/mol. The molecule has 2 aromatic carbocycles. The highest BCUT2D eigenvalue weighted by atomic mass is 32.2. The summed E-state index contributed by atoms with van der Waals surface area (Å²) in [7, 11) is 0. The molecular formula is C18H20N2O4S. The Hall–Kier alpha value is -2.54. The van der Waals surface area contributed by atoms with E-state index in [0.29, 0.717) is 0 Å². The highest BCUT2D eigenvalue weighted by molar-refractivity contribution is 8.00. The van der Waals surface area contributed by atoms with Gasteiger partial charge in [-0.25, -0.2) is 4.79 Å². The van der Waals surface area contributed by atoms with Gasteiger partial charge in [0, 0.05) is 4.90 Å². The lowest BCUT2D eigenvalue weighted by molar-refractivity contribution is -0.155. The number of carbonyl (C=O) groups excluding carboxylic acids is 3. The second kappa shape index (κ2) is 8.53. The number of hydrogen-bond donors (Lipinski definition) is 2. The molecule has 0 unspecified atom stereocenters. The number of rotatable bonds is 6. The van der Waals surface area contributed by atoms with E-state index >= 15 is 0 Å². The van der Waals surface area contributed by atoms with Crippen molar-refractivity contribution in [2.75, 3.05) is 5.75 Å². The van der Waals surface area contributed by atoms with Crippen molar-refractivity contribution < 1.29 is 19.1 Å². The summed E-state index contributed by atoms with van der Waals surface area (Å²) in [5.74, 6) is -1.47. The third-order valence-corrected chi connectivity index (χ3v) is 4.41. The molecule has 0 aliphatic rings. The van der Waals surface area contributed by atoms with Crippen molar-refractivity contribution in [3.63, 3.8) is 0 Å². The molecule has 3 amide bonds. The Kier molecular flexibility index (Phi) is 6.41. The lowest BCUT2D eigenvalue weighted by atomic mass is 10.1. The first-order chi connectivity index (χ1) is 11.9. The van der Waals surface area contributed by atoms with Crippen LogP contribution in [-0.2, 0) is 14.3 Å². The number of carbonyl (C=O) groups is 3. The maximum Gasteiger partial charge on any atom is 0.318 e. The third kappa shape index (κ3) is 5.49. The van der Waals surface area contributed by atoms with Gasteiger partial charge < -0.3 is 10.5 Å². The number of hydrogen-bond acceptors (Lipinski definition) is 5. The molecule has 7 heteroatoms. The molecule has 0 spiro atoms. The fourth-order valence-electron chi connectivity index (χ4n) is 2.26. The van der Waals surface area contributed by atoms with Gasteiger partial charge in [0.15, 0.2) is 6.10 Å². The van der Waals surface area contributed by atoms with E-state index in [1.807, 2.05) is 47.8 Å². The normalized spacial score (nSPS) is 12.0. The Morgan fingerprint density at radius 1 is 1.12 bits per heavy atom. The van der Waals surface area contributed by atoms with Gasteiger partial charge in [0.1, 0.15) is 0 Å². The van der Waals surface area contributed by atoms with Crippen LogP contribution in [0.3, 0.4) is 0 Å². The van der Waals surface area contributed by atoms with Gasteiger partial charge in [-0.2, -0.15) is 0 Å². The number of fused-ring (bicyclic) bond motifs is 1. The average Bonchev–Trinajstić information content (AvgIpc) is 2.56. The zero-order valence-electron chi connectivity index (χ0n) is 14.0. The zero-order chi connectivity index (χ0) is 18.4. The van der Waals surface area contributed by atoms with E-state index in [-0.39, 0.29) is 11.7 Å². The molecule has 0 fully saturated rings. The van der Waals surface area contributed by atoms with Crippen LogP contribution in [0.4, 0.5) is 4.79 Å². The highest BCUT2D eigenvalue weighted by Gasteiger charge is 2.27. The standard InChI is InChI=1S/C18H20N2O4S/c1-11(2)16(17(22)20-18(19)23)24-15(21)10-25-14-8-7-12-5-3-4-6-13(12)9-14/h3-9,11,16H,10H2,1-2H3,(H3,19,20,22,23)/t16-/m1/s1. The summed E-state index contributed by atoms with van der Waals surface area (Å²) in [6.45, 7) is 3.43. The Balaban J connectivity index is 1.95. The fourth-order valence-corrected chi connectivity index (χ4v) is 2.99. The molecule has 0 heterocycles. The van der Waals surface area contributed by atoms with Crippen molar-refractivity contribution >= 4 is 40.4 Å². The van der Waals surface area contributed by atoms with Crippen LogP contribution in [0.15, 0.2) is 47.4 Å². The van der Waals surface area contributed by atoms with Gasteiger partial charge in [-0.1, -0.05) is 44.2 Å². The van der Waals surface area contributed by atoms with Crippen LogP contribution in [0.25, 0.3) is 10.8 Å². The number of benzene rings is 2. The summed E-state index contributed by atoms with van der Waals surface area (Å²) in [6.07, 6.45) is -1.06. The first kappa shape index (κ1) is 18.8. The molecule has 2 aromatic rings. The Bertz CT molecular complexity index is 791. The maximum absolute atomic E-state index is 12.0. The smallest absolute Gasteiger partial charge is 0.318 e. The van der Waals surface area contributed by atoms with E-state index in [2.05, 4.69) is 0 Å². The summed E-state index contributed by atoms with van der Waals surface area (Å²) in [4.78, 5) is 35.6. The van der Waals surface area contributed by atoms with E-state index in [0.717, 1.165) is 15.7 Å². The van der Waals surface area contributed by atoms with Crippen LogP contribution >= 0.6 is 11.8 Å². The van der Waals surface area contributed by atoms with Crippen molar-refractivity contribution in [2.24, 2.45) is 11.7 Å². The fraction of sp³-hybridized carbons (Fsp3) is 0.278. The average molecular weight is 360 g/mol. The first-order valence-corrected chi connectivity index (χ1v) is 8.76. The number of thioether (sulfide) groups is 1. The van der Waals surface area contributed by atoms with Gasteiger partial charge in [-0.3, -0.25) is 14.9 Å². The molecule has 0 radical (unpaired) electrons. The molecule has 0 aromatic heterocycles. The molecule has 2 rings (SSSR count). The Morgan fingerprint density at radius 2 is 1.80 bits per heavy atom. The summed E-state index contributed by atoms with van der Waals surface area (Å²) in [6, 6.07) is 12.9. The van der Waals surface area contributed by atoms with Crippen molar-refractivity contribution in [2.45, 2.75) is 24.8 Å². The Labute approximate surface area is 150 Å². The van der Waals surface area contributed by atoms with E-state index in [4.69, 9.17) is 10.5 Å². The van der Waals surface area contributed by atoms with Gasteiger partial charge in [-0.15, -0.1) is 11.8 Å². The minimum absolute atomic E-state index is 0.0609. The second-order valence-corrected chi connectivity index (χ2v) is 6.85. The molecule has 1 atom stereocenters. The van der Waals surface area contributed by atoms with Crippen LogP contribution in [0.1, 0.15) is 13.8 Å². The maximum atomic E-state index is 12.0. The van der Waals surface area contributed by atoms with Crippen LogP contribution < -0.4 is 11.1 Å². The van der Waals surface area contributed by atoms with Gasteiger partial charge in [0.25, 0.3) is 5.91 Å². The minimum Gasteiger partial charge on any atom is -0.451 e. The predicted molar refractivity (Wildman–Crippen MR) is 97.1 cm³/mol. The van der Waals surface area contributed by atoms with Crippen LogP contribution in [0.2, 0.25) is 0 Å². The van der Waals surface area contributed by atoms with E-state index in [9.17, 15) is 14.4 Å². The van der Waals surface area contributed by atoms with Gasteiger partial charge in [0.2, 0.25) is 0 Å². The molecular weight excluding hydrogens is 340 g/mol. The van der Waals surface area contributed by atoms with Crippen molar-refractivity contribution in [3.8, 4) is 0 Å². The first-order valence-electron chi connectivity index (χ1n) is 7.78. The number of esters is 1. The molecule has 132 valence electrons. The number of amides is 3. The van der Waals surface area contributed by atoms with Crippen LogP contribution in [0.5, 0.6) is 0 Å². The SMILES string of the molecule is CC(C)[C@@H](OC(=O)CSc1ccc2ccccc2c1)C(=O)NC(N)=O. The lowest BCUT2D eigenvalue weighted by Gasteiger charge is -2.19. The van der Waals surface area contributed by atoms with Crippen LogP contribution in [0, 0.1) is 5.92 Å². The second-order valence-electron chi connectivity index (χ2n) is 5.81. The number of nitrogens with two attached hydrogens (primary N) is 1. The number of imide groups is 1. The molecule has 0 bridgehead atoms. The molecule has 25 heavy (non-hydrogen) atoms. The molecule has 0 aliphatic carbocycles. The number of primary amides is 1. The predicted octanol–water partition coefficient (Wildman–Crippen LogP) is 2.69. The van der Waals surface area contributed by atoms with Crippen molar-refractivity contribution in [1.29, 1.82) is 0 Å².